The van der Waals surface area contributed by atoms with Crippen LogP contribution in [0.25, 0.3) is 0 Å². The van der Waals surface area contributed by atoms with Gasteiger partial charge in [0.2, 0.25) is 11.8 Å². The highest BCUT2D eigenvalue weighted by Crippen LogP contribution is 2.33. The average Bonchev–Trinajstić information content (AvgIpc) is 3.14. The van der Waals surface area contributed by atoms with Gasteiger partial charge < -0.3 is 14.1 Å². The number of hydrogen-bond donors (Lipinski definition) is 0. The highest BCUT2D eigenvalue weighted by molar-refractivity contribution is 5.94. The fraction of sp³-hybridized carbons (Fsp3) is 0.550. The van der Waals surface area contributed by atoms with Crippen LogP contribution in [0.3, 0.4) is 0 Å². The van der Waals surface area contributed by atoms with E-state index in [1.807, 2.05) is 12.1 Å². The fourth-order valence-corrected chi connectivity index (χ4v) is 4.00. The van der Waals surface area contributed by atoms with Gasteiger partial charge in [-0.25, -0.2) is 0 Å². The van der Waals surface area contributed by atoms with E-state index in [2.05, 4.69) is 22.3 Å². The van der Waals surface area contributed by atoms with Gasteiger partial charge in [0.25, 0.3) is 5.91 Å². The third kappa shape index (κ3) is 3.51. The predicted octanol–water partition coefficient (Wildman–Crippen LogP) is 3.64. The molecule has 0 bridgehead atoms. The zero-order valence-electron chi connectivity index (χ0n) is 15.2. The summed E-state index contributed by atoms with van der Waals surface area (Å²) in [5.74, 6) is 1.57. The van der Waals surface area contributed by atoms with Crippen LogP contribution in [0.15, 0.2) is 28.7 Å². The van der Waals surface area contributed by atoms with Crippen molar-refractivity contribution in [3.8, 4) is 0 Å². The minimum atomic E-state index is -0.324. The van der Waals surface area contributed by atoms with Crippen LogP contribution in [0.4, 0.5) is 0 Å². The molecule has 1 aromatic carbocycles. The van der Waals surface area contributed by atoms with Gasteiger partial charge in [0.05, 0.1) is 13.2 Å². The SMILES string of the molecule is Cc1nnc(C2COCCN2C(=O)c2ccc(C3CCCCC3)cc2)o1. The lowest BCUT2D eigenvalue weighted by molar-refractivity contribution is -0.0106. The van der Waals surface area contributed by atoms with Gasteiger partial charge >= 0.3 is 0 Å². The van der Waals surface area contributed by atoms with Crippen LogP contribution in [0.1, 0.15) is 71.8 Å². The zero-order chi connectivity index (χ0) is 17.9. The number of aromatic nitrogens is 2. The van der Waals surface area contributed by atoms with Crippen molar-refractivity contribution < 1.29 is 13.9 Å². The van der Waals surface area contributed by atoms with Crippen LogP contribution < -0.4 is 0 Å². The molecule has 0 spiro atoms. The topological polar surface area (TPSA) is 68.5 Å². The number of aryl methyl sites for hydroxylation is 1. The summed E-state index contributed by atoms with van der Waals surface area (Å²) in [6.07, 6.45) is 6.49. The van der Waals surface area contributed by atoms with Crippen molar-refractivity contribution in [1.29, 1.82) is 0 Å². The van der Waals surface area contributed by atoms with Crippen LogP contribution in [0.5, 0.6) is 0 Å². The van der Waals surface area contributed by atoms with E-state index in [-0.39, 0.29) is 11.9 Å². The van der Waals surface area contributed by atoms with E-state index in [1.54, 1.807) is 11.8 Å². The highest BCUT2D eigenvalue weighted by atomic mass is 16.5. The standard InChI is InChI=1S/C20H25N3O3/c1-14-21-22-19(26-14)18-13-25-12-11-23(18)20(24)17-9-7-16(8-10-17)15-5-3-2-4-6-15/h7-10,15,18H,2-6,11-13H2,1H3. The molecule has 138 valence electrons. The zero-order valence-corrected chi connectivity index (χ0v) is 15.2. The highest BCUT2D eigenvalue weighted by Gasteiger charge is 2.33. The molecule has 1 aromatic heterocycles. The molecule has 26 heavy (non-hydrogen) atoms. The molecule has 1 saturated heterocycles. The smallest absolute Gasteiger partial charge is 0.254 e. The Hall–Kier alpha value is -2.21. The van der Waals surface area contributed by atoms with Gasteiger partial charge in [-0.2, -0.15) is 0 Å². The number of rotatable bonds is 3. The molecular weight excluding hydrogens is 330 g/mol. The van der Waals surface area contributed by atoms with Crippen molar-refractivity contribution in [3.05, 3.63) is 47.2 Å². The number of amides is 1. The summed E-state index contributed by atoms with van der Waals surface area (Å²) < 4.78 is 11.1. The largest absolute Gasteiger partial charge is 0.423 e. The fourth-order valence-electron chi connectivity index (χ4n) is 4.00. The quantitative estimate of drug-likeness (QED) is 0.841. The molecule has 4 rings (SSSR count). The second-order valence-electron chi connectivity index (χ2n) is 7.21. The number of benzene rings is 1. The van der Waals surface area contributed by atoms with E-state index in [0.717, 1.165) is 0 Å². The Labute approximate surface area is 153 Å². The lowest BCUT2D eigenvalue weighted by Crippen LogP contribution is -2.43. The summed E-state index contributed by atoms with van der Waals surface area (Å²) >= 11 is 0. The van der Waals surface area contributed by atoms with Crippen molar-refractivity contribution in [1.82, 2.24) is 15.1 Å². The molecule has 2 aliphatic rings. The van der Waals surface area contributed by atoms with E-state index < -0.39 is 0 Å². The second-order valence-corrected chi connectivity index (χ2v) is 7.21. The first-order chi connectivity index (χ1) is 12.7. The number of ether oxygens (including phenoxy) is 1. The van der Waals surface area contributed by atoms with Gasteiger partial charge in [0.1, 0.15) is 6.04 Å². The third-order valence-corrected chi connectivity index (χ3v) is 5.45. The molecule has 1 unspecified atom stereocenters. The van der Waals surface area contributed by atoms with Crippen molar-refractivity contribution in [3.63, 3.8) is 0 Å². The predicted molar refractivity (Wildman–Crippen MR) is 95.9 cm³/mol. The molecule has 1 atom stereocenters. The summed E-state index contributed by atoms with van der Waals surface area (Å²) in [7, 11) is 0. The maximum atomic E-state index is 13.1. The lowest BCUT2D eigenvalue weighted by Gasteiger charge is -2.33. The number of carbonyl (C=O) groups is 1. The summed E-state index contributed by atoms with van der Waals surface area (Å²) in [5.41, 5.74) is 2.06. The molecule has 1 saturated carbocycles. The normalized spacial score (nSPS) is 21.7. The number of morpholine rings is 1. The molecule has 1 aliphatic carbocycles. The van der Waals surface area contributed by atoms with Gasteiger partial charge in [-0.15, -0.1) is 10.2 Å². The first-order valence-electron chi connectivity index (χ1n) is 9.51. The summed E-state index contributed by atoms with van der Waals surface area (Å²) in [5, 5.41) is 7.96. The van der Waals surface area contributed by atoms with Crippen LogP contribution in [-0.2, 0) is 4.74 Å². The second kappa shape index (κ2) is 7.58. The summed E-state index contributed by atoms with van der Waals surface area (Å²) in [4.78, 5) is 14.8. The molecular formula is C20H25N3O3. The number of hydrogen-bond acceptors (Lipinski definition) is 5. The van der Waals surface area contributed by atoms with Crippen LogP contribution in [0, 0.1) is 6.92 Å². The molecule has 1 aliphatic heterocycles. The van der Waals surface area contributed by atoms with E-state index in [9.17, 15) is 4.79 Å². The van der Waals surface area contributed by atoms with E-state index in [1.165, 1.54) is 37.7 Å². The minimum Gasteiger partial charge on any atom is -0.423 e. The Balaban J connectivity index is 1.51. The van der Waals surface area contributed by atoms with Crippen molar-refractivity contribution in [2.24, 2.45) is 0 Å². The number of carbonyl (C=O) groups excluding carboxylic acids is 1. The molecule has 2 fully saturated rings. The van der Waals surface area contributed by atoms with Crippen molar-refractivity contribution >= 4 is 5.91 Å². The maximum Gasteiger partial charge on any atom is 0.254 e. The monoisotopic (exact) mass is 355 g/mol. The molecule has 2 heterocycles. The molecule has 1 amide bonds. The Kier molecular flexibility index (Phi) is 5.02. The van der Waals surface area contributed by atoms with Crippen LogP contribution in [-0.4, -0.2) is 40.8 Å². The van der Waals surface area contributed by atoms with E-state index in [0.29, 0.717) is 43.0 Å². The first kappa shape index (κ1) is 17.2. The minimum absolute atomic E-state index is 0.00986. The van der Waals surface area contributed by atoms with Crippen molar-refractivity contribution in [2.75, 3.05) is 19.8 Å². The summed E-state index contributed by atoms with van der Waals surface area (Å²) in [6.45, 7) is 3.18. The number of nitrogens with zero attached hydrogens (tertiary/aromatic N) is 3. The van der Waals surface area contributed by atoms with Gasteiger partial charge in [0, 0.05) is 19.0 Å². The molecule has 6 nitrogen and oxygen atoms in total. The van der Waals surface area contributed by atoms with Gasteiger partial charge in [-0.05, 0) is 36.5 Å². The Morgan fingerprint density at radius 1 is 1.12 bits per heavy atom. The summed E-state index contributed by atoms with van der Waals surface area (Å²) in [6, 6.07) is 7.83. The first-order valence-corrected chi connectivity index (χ1v) is 9.51. The molecule has 0 radical (unpaired) electrons. The van der Waals surface area contributed by atoms with Crippen molar-refractivity contribution in [2.45, 2.75) is 51.0 Å². The Morgan fingerprint density at radius 2 is 1.88 bits per heavy atom. The third-order valence-electron chi connectivity index (χ3n) is 5.45. The van der Waals surface area contributed by atoms with Gasteiger partial charge in [-0.1, -0.05) is 31.4 Å². The lowest BCUT2D eigenvalue weighted by atomic mass is 9.84. The van der Waals surface area contributed by atoms with Gasteiger partial charge in [-0.3, -0.25) is 4.79 Å². The molecule has 6 heteroatoms. The van der Waals surface area contributed by atoms with E-state index in [4.69, 9.17) is 9.15 Å². The molecule has 0 N–H and O–H groups in total. The Morgan fingerprint density at radius 3 is 2.58 bits per heavy atom. The van der Waals surface area contributed by atoms with Gasteiger partial charge in [0.15, 0.2) is 0 Å². The van der Waals surface area contributed by atoms with E-state index >= 15 is 0 Å². The molecule has 2 aromatic rings. The van der Waals surface area contributed by atoms with Crippen LogP contribution >= 0.6 is 0 Å². The average molecular weight is 355 g/mol. The Bertz CT molecular complexity index is 750. The maximum absolute atomic E-state index is 13.1. The van der Waals surface area contributed by atoms with Crippen LogP contribution in [0.2, 0.25) is 0 Å².